The van der Waals surface area contributed by atoms with E-state index in [1.165, 1.54) is 0 Å². The molecule has 0 spiro atoms. The van der Waals surface area contributed by atoms with E-state index in [1.807, 2.05) is 30.3 Å². The van der Waals surface area contributed by atoms with Crippen LogP contribution >= 0.6 is 0 Å². The lowest BCUT2D eigenvalue weighted by atomic mass is 10.3. The fourth-order valence-electron chi connectivity index (χ4n) is 0.650. The summed E-state index contributed by atoms with van der Waals surface area (Å²) in [5.41, 5.74) is 0. The van der Waals surface area contributed by atoms with E-state index in [0.717, 1.165) is 12.4 Å². The SMILES string of the molecule is O[CH]COc1ccccc1. The van der Waals surface area contributed by atoms with E-state index < -0.39 is 0 Å². The predicted octanol–water partition coefficient (Wildman–Crippen LogP) is 1.60. The van der Waals surface area contributed by atoms with Crippen LogP contribution in [0.1, 0.15) is 0 Å². The molecule has 2 heteroatoms. The Morgan fingerprint density at radius 2 is 2.00 bits per heavy atom. The second-order valence-electron chi connectivity index (χ2n) is 1.81. The number of hydrogen-bond donors (Lipinski definition) is 1. The molecule has 0 fully saturated rings. The zero-order chi connectivity index (χ0) is 7.23. The van der Waals surface area contributed by atoms with E-state index in [2.05, 4.69) is 0 Å². The molecule has 1 radical (unpaired) electrons. The minimum Gasteiger partial charge on any atom is -0.491 e. The van der Waals surface area contributed by atoms with Gasteiger partial charge in [0.1, 0.15) is 19.0 Å². The molecule has 0 heterocycles. The van der Waals surface area contributed by atoms with Gasteiger partial charge >= 0.3 is 0 Å². The van der Waals surface area contributed by atoms with Crippen molar-refractivity contribution >= 4 is 0 Å². The van der Waals surface area contributed by atoms with Gasteiger partial charge in [0.25, 0.3) is 0 Å². The molecule has 1 rings (SSSR count). The number of aliphatic hydroxyl groups excluding tert-OH is 1. The van der Waals surface area contributed by atoms with Crippen molar-refractivity contribution in [1.82, 2.24) is 0 Å². The monoisotopic (exact) mass is 137 g/mol. The smallest absolute Gasteiger partial charge is 0.119 e. The normalized spacial score (nSPS) is 9.30. The van der Waals surface area contributed by atoms with Crippen LogP contribution in [0.3, 0.4) is 0 Å². The lowest BCUT2D eigenvalue weighted by Gasteiger charge is -2.00. The minimum absolute atomic E-state index is 0.240. The zero-order valence-corrected chi connectivity index (χ0v) is 5.53. The van der Waals surface area contributed by atoms with Gasteiger partial charge in [-0.15, -0.1) is 0 Å². The molecule has 0 aliphatic heterocycles. The molecule has 0 aromatic heterocycles. The largest absolute Gasteiger partial charge is 0.491 e. The number of ether oxygens (including phenoxy) is 1. The molecule has 0 aliphatic carbocycles. The lowest BCUT2D eigenvalue weighted by Crippen LogP contribution is -1.95. The van der Waals surface area contributed by atoms with Crippen LogP contribution < -0.4 is 4.74 Å². The van der Waals surface area contributed by atoms with Gasteiger partial charge in [-0.3, -0.25) is 0 Å². The maximum atomic E-state index is 8.28. The van der Waals surface area contributed by atoms with E-state index >= 15 is 0 Å². The first-order valence-electron chi connectivity index (χ1n) is 3.07. The Morgan fingerprint density at radius 3 is 2.60 bits per heavy atom. The third-order valence-electron chi connectivity index (χ3n) is 1.07. The Labute approximate surface area is 60.1 Å². The molecular formula is C8H9O2. The van der Waals surface area contributed by atoms with Crippen molar-refractivity contribution in [3.8, 4) is 5.75 Å². The Balaban J connectivity index is 2.43. The molecule has 0 unspecified atom stereocenters. The quantitative estimate of drug-likeness (QED) is 0.685. The third kappa shape index (κ3) is 2.07. The molecule has 0 atom stereocenters. The highest BCUT2D eigenvalue weighted by Gasteiger charge is 1.87. The van der Waals surface area contributed by atoms with Crippen LogP contribution in [0.5, 0.6) is 5.75 Å². The molecule has 1 aromatic carbocycles. The molecule has 0 bridgehead atoms. The maximum absolute atomic E-state index is 8.28. The summed E-state index contributed by atoms with van der Waals surface area (Å²) >= 11 is 0. The van der Waals surface area contributed by atoms with Crippen molar-refractivity contribution in [2.24, 2.45) is 0 Å². The highest BCUT2D eigenvalue weighted by Crippen LogP contribution is 2.07. The molecule has 0 saturated heterocycles. The van der Waals surface area contributed by atoms with Gasteiger partial charge < -0.3 is 9.84 Å². The van der Waals surface area contributed by atoms with Gasteiger partial charge in [-0.1, -0.05) is 18.2 Å². The summed E-state index contributed by atoms with van der Waals surface area (Å²) in [5, 5.41) is 8.28. The summed E-state index contributed by atoms with van der Waals surface area (Å²) < 4.78 is 5.05. The molecule has 10 heavy (non-hydrogen) atoms. The van der Waals surface area contributed by atoms with Gasteiger partial charge in [0, 0.05) is 0 Å². The Hall–Kier alpha value is -1.02. The van der Waals surface area contributed by atoms with E-state index in [1.54, 1.807) is 0 Å². The van der Waals surface area contributed by atoms with Crippen LogP contribution in [0.4, 0.5) is 0 Å². The average molecular weight is 137 g/mol. The Morgan fingerprint density at radius 1 is 1.30 bits per heavy atom. The van der Waals surface area contributed by atoms with Crippen molar-refractivity contribution in [3.05, 3.63) is 36.9 Å². The van der Waals surface area contributed by atoms with Crippen LogP contribution in [0, 0.1) is 6.61 Å². The molecular weight excluding hydrogens is 128 g/mol. The minimum atomic E-state index is 0.240. The van der Waals surface area contributed by atoms with E-state index in [0.29, 0.717) is 0 Å². The number of benzene rings is 1. The van der Waals surface area contributed by atoms with Crippen molar-refractivity contribution in [3.63, 3.8) is 0 Å². The zero-order valence-electron chi connectivity index (χ0n) is 5.53. The van der Waals surface area contributed by atoms with Gasteiger partial charge in [-0.25, -0.2) is 0 Å². The van der Waals surface area contributed by atoms with Gasteiger partial charge in [0.2, 0.25) is 0 Å². The van der Waals surface area contributed by atoms with Gasteiger partial charge in [-0.05, 0) is 12.1 Å². The predicted molar refractivity (Wildman–Crippen MR) is 38.2 cm³/mol. The van der Waals surface area contributed by atoms with E-state index in [9.17, 15) is 0 Å². The molecule has 0 amide bonds. The van der Waals surface area contributed by atoms with Crippen molar-refractivity contribution in [2.45, 2.75) is 0 Å². The second-order valence-corrected chi connectivity index (χ2v) is 1.81. The van der Waals surface area contributed by atoms with Crippen molar-refractivity contribution in [1.29, 1.82) is 0 Å². The molecule has 53 valence electrons. The molecule has 0 saturated carbocycles. The van der Waals surface area contributed by atoms with Gasteiger partial charge in [0.05, 0.1) is 0 Å². The standard InChI is InChI=1S/C8H9O2/c9-6-7-10-8-4-2-1-3-5-8/h1-6,9H,7H2. The fraction of sp³-hybridized carbons (Fsp3) is 0.125. The van der Waals surface area contributed by atoms with Crippen LogP contribution in [0.2, 0.25) is 0 Å². The van der Waals surface area contributed by atoms with Crippen molar-refractivity contribution in [2.75, 3.05) is 6.61 Å². The van der Waals surface area contributed by atoms with Gasteiger partial charge in [-0.2, -0.15) is 0 Å². The van der Waals surface area contributed by atoms with E-state index in [-0.39, 0.29) is 6.61 Å². The number of aliphatic hydroxyl groups is 1. The molecule has 1 N–H and O–H groups in total. The first-order valence-corrected chi connectivity index (χ1v) is 3.07. The number of hydrogen-bond acceptors (Lipinski definition) is 2. The average Bonchev–Trinajstić information content (AvgIpc) is 2.03. The Kier molecular flexibility index (Phi) is 2.77. The highest BCUT2D eigenvalue weighted by molar-refractivity contribution is 5.20. The summed E-state index contributed by atoms with van der Waals surface area (Å²) in [6.07, 6.45) is 0. The summed E-state index contributed by atoms with van der Waals surface area (Å²) in [5.74, 6) is 0.771. The third-order valence-corrected chi connectivity index (χ3v) is 1.07. The fourth-order valence-corrected chi connectivity index (χ4v) is 0.650. The summed E-state index contributed by atoms with van der Waals surface area (Å²) in [7, 11) is 0. The number of para-hydroxylation sites is 1. The molecule has 1 aromatic rings. The van der Waals surface area contributed by atoms with Crippen LogP contribution in [-0.4, -0.2) is 11.7 Å². The molecule has 2 nitrogen and oxygen atoms in total. The van der Waals surface area contributed by atoms with Gasteiger partial charge in [0.15, 0.2) is 0 Å². The second kappa shape index (κ2) is 3.90. The van der Waals surface area contributed by atoms with E-state index in [4.69, 9.17) is 9.84 Å². The topological polar surface area (TPSA) is 29.5 Å². The maximum Gasteiger partial charge on any atom is 0.119 e. The highest BCUT2D eigenvalue weighted by atomic mass is 16.5. The first kappa shape index (κ1) is 7.09. The lowest BCUT2D eigenvalue weighted by molar-refractivity contribution is 0.261. The summed E-state index contributed by atoms with van der Waals surface area (Å²) in [6, 6.07) is 9.35. The van der Waals surface area contributed by atoms with Crippen LogP contribution in [-0.2, 0) is 0 Å². The summed E-state index contributed by atoms with van der Waals surface area (Å²) in [6.45, 7) is 1.22. The number of rotatable bonds is 3. The van der Waals surface area contributed by atoms with Crippen LogP contribution in [0.25, 0.3) is 0 Å². The van der Waals surface area contributed by atoms with Crippen LogP contribution in [0.15, 0.2) is 30.3 Å². The van der Waals surface area contributed by atoms with Crippen molar-refractivity contribution < 1.29 is 9.84 Å². The molecule has 0 aliphatic rings. The Bertz CT molecular complexity index is 172. The summed E-state index contributed by atoms with van der Waals surface area (Å²) in [4.78, 5) is 0. The first-order chi connectivity index (χ1) is 4.93.